The van der Waals surface area contributed by atoms with Crippen molar-refractivity contribution in [3.8, 4) is 34.6 Å². The number of aromatic nitrogens is 3. The van der Waals surface area contributed by atoms with Gasteiger partial charge in [-0.15, -0.1) is 5.10 Å². The first kappa shape index (κ1) is 25.3. The maximum absolute atomic E-state index is 12.6. The zero-order valence-corrected chi connectivity index (χ0v) is 19.2. The highest BCUT2D eigenvalue weighted by molar-refractivity contribution is 7.88. The zero-order valence-electron chi connectivity index (χ0n) is 18.4. The van der Waals surface area contributed by atoms with Crippen LogP contribution in [0, 0.1) is 0 Å². The molecule has 0 fully saturated rings. The van der Waals surface area contributed by atoms with Gasteiger partial charge in [-0.2, -0.15) is 18.2 Å². The molecule has 0 spiro atoms. The van der Waals surface area contributed by atoms with Crippen molar-refractivity contribution < 1.29 is 35.8 Å². The average molecular weight is 500 g/mol. The molecule has 0 unspecified atom stereocenters. The Morgan fingerprint density at radius 3 is 2.24 bits per heavy atom. The Kier molecular flexibility index (Phi) is 7.99. The average Bonchev–Trinajstić information content (AvgIpc) is 3.21. The molecule has 0 saturated heterocycles. The third kappa shape index (κ3) is 7.63. The van der Waals surface area contributed by atoms with Gasteiger partial charge in [-0.3, -0.25) is 0 Å². The number of nitrogens with one attached hydrogen (secondary N) is 1. The molecule has 1 N–H and O–H groups in total. The quantitative estimate of drug-likeness (QED) is 0.403. The molecule has 34 heavy (non-hydrogen) atoms. The molecule has 2 aromatic carbocycles. The van der Waals surface area contributed by atoms with Crippen molar-refractivity contribution in [3.63, 3.8) is 0 Å². The molecule has 184 valence electrons. The fourth-order valence-electron chi connectivity index (χ4n) is 2.81. The molecule has 0 aliphatic heterocycles. The molecular weight excluding hydrogens is 477 g/mol. The maximum atomic E-state index is 12.6. The molecule has 0 radical (unpaired) electrons. The molecule has 3 rings (SSSR count). The van der Waals surface area contributed by atoms with Crippen molar-refractivity contribution >= 4 is 10.0 Å². The summed E-state index contributed by atoms with van der Waals surface area (Å²) in [5.74, 6) is 1.41. The van der Waals surface area contributed by atoms with E-state index >= 15 is 0 Å². The molecule has 0 aliphatic rings. The summed E-state index contributed by atoms with van der Waals surface area (Å²) in [5.41, 5.74) is 1.11. The van der Waals surface area contributed by atoms with Crippen molar-refractivity contribution in [1.82, 2.24) is 19.5 Å². The number of ether oxygens (including phenoxy) is 3. The minimum atomic E-state index is -4.53. The predicted octanol–water partition coefficient (Wildman–Crippen LogP) is 3.20. The van der Waals surface area contributed by atoms with Crippen LogP contribution >= 0.6 is 0 Å². The van der Waals surface area contributed by atoms with Crippen molar-refractivity contribution in [2.24, 2.45) is 0 Å². The number of alkyl halides is 3. The van der Waals surface area contributed by atoms with E-state index in [0.29, 0.717) is 35.8 Å². The van der Waals surface area contributed by atoms with Crippen LogP contribution in [0.25, 0.3) is 17.1 Å². The first-order valence-electron chi connectivity index (χ1n) is 10.0. The van der Waals surface area contributed by atoms with Gasteiger partial charge >= 0.3 is 12.2 Å². The molecular formula is C21H23F3N4O5S. The fraction of sp³-hybridized carbons (Fsp3) is 0.333. The van der Waals surface area contributed by atoms with Gasteiger partial charge in [-0.1, -0.05) is 0 Å². The van der Waals surface area contributed by atoms with Gasteiger partial charge in [0.15, 0.2) is 12.4 Å². The van der Waals surface area contributed by atoms with E-state index < -0.39 is 28.8 Å². The van der Waals surface area contributed by atoms with Gasteiger partial charge in [0.1, 0.15) is 11.5 Å². The molecule has 1 aromatic heterocycles. The van der Waals surface area contributed by atoms with Gasteiger partial charge in [0.25, 0.3) is 0 Å². The topological polar surface area (TPSA) is 105 Å². The first-order valence-corrected chi connectivity index (χ1v) is 11.9. The first-order chi connectivity index (χ1) is 16.0. The van der Waals surface area contributed by atoms with E-state index in [0.717, 1.165) is 6.26 Å². The molecule has 0 atom stereocenters. The summed E-state index contributed by atoms with van der Waals surface area (Å²) in [4.78, 5) is 4.13. The van der Waals surface area contributed by atoms with Crippen molar-refractivity contribution in [1.29, 1.82) is 0 Å². The number of rotatable bonds is 11. The number of nitrogens with zero attached hydrogens (tertiary/aromatic N) is 3. The summed E-state index contributed by atoms with van der Waals surface area (Å²) >= 11 is 0. The third-order valence-corrected chi connectivity index (χ3v) is 5.06. The van der Waals surface area contributed by atoms with Crippen LogP contribution in [-0.2, 0) is 10.0 Å². The summed E-state index contributed by atoms with van der Waals surface area (Å²) in [5, 5.41) is 4.08. The van der Waals surface area contributed by atoms with Gasteiger partial charge in [0.05, 0.1) is 25.7 Å². The number of hydrogen-bond donors (Lipinski definition) is 1. The van der Waals surface area contributed by atoms with Gasteiger partial charge in [0.2, 0.25) is 10.0 Å². The zero-order chi connectivity index (χ0) is 24.8. The Labute approximate surface area is 194 Å². The van der Waals surface area contributed by atoms with Crippen LogP contribution in [0.1, 0.15) is 6.42 Å². The van der Waals surface area contributed by atoms with Crippen molar-refractivity contribution in [2.45, 2.75) is 12.6 Å². The van der Waals surface area contributed by atoms with Crippen molar-refractivity contribution in [2.75, 3.05) is 33.1 Å². The highest BCUT2D eigenvalue weighted by atomic mass is 32.2. The minimum Gasteiger partial charge on any atom is -0.497 e. The Morgan fingerprint density at radius 2 is 1.65 bits per heavy atom. The lowest BCUT2D eigenvalue weighted by atomic mass is 10.2. The predicted molar refractivity (Wildman–Crippen MR) is 118 cm³/mol. The normalized spacial score (nSPS) is 11.9. The van der Waals surface area contributed by atoms with Gasteiger partial charge in [0, 0.05) is 12.1 Å². The molecule has 0 amide bonds. The smallest absolute Gasteiger partial charge is 0.422 e. The lowest BCUT2D eigenvalue weighted by molar-refractivity contribution is -0.154. The minimum absolute atomic E-state index is 0.253. The third-order valence-electron chi connectivity index (χ3n) is 4.34. The number of sulfonamides is 1. The highest BCUT2D eigenvalue weighted by Gasteiger charge is 2.29. The summed E-state index contributed by atoms with van der Waals surface area (Å²) in [6.07, 6.45) is -2.97. The summed E-state index contributed by atoms with van der Waals surface area (Å²) in [6, 6.07) is 13.0. The molecule has 1 heterocycles. The van der Waals surface area contributed by atoms with E-state index in [-0.39, 0.29) is 12.4 Å². The monoisotopic (exact) mass is 500 g/mol. The lowest BCUT2D eigenvalue weighted by Crippen LogP contribution is -2.24. The Hall–Kier alpha value is -3.32. The Bertz CT molecular complexity index is 1180. The maximum Gasteiger partial charge on any atom is 0.422 e. The largest absolute Gasteiger partial charge is 0.497 e. The second-order valence-corrected chi connectivity index (χ2v) is 8.96. The van der Waals surface area contributed by atoms with E-state index in [9.17, 15) is 21.6 Å². The number of hydrogen-bond acceptors (Lipinski definition) is 7. The second kappa shape index (κ2) is 10.7. The lowest BCUT2D eigenvalue weighted by Gasteiger charge is -2.09. The van der Waals surface area contributed by atoms with Crippen LogP contribution in [0.15, 0.2) is 48.5 Å². The summed E-state index contributed by atoms with van der Waals surface area (Å²) in [7, 11) is -1.73. The Morgan fingerprint density at radius 1 is 1.00 bits per heavy atom. The SMILES string of the molecule is COc1ccc(-n2nc(OCC(F)(F)F)nc2-c2ccc(OCCCNS(C)(=O)=O)cc2)cc1. The standard InChI is InChI=1S/C21H23F3N4O5S/c1-31-17-10-6-16(7-11-17)28-19(26-20(27-28)33-14-21(22,23)24)15-4-8-18(9-5-15)32-13-3-12-25-34(2,29)30/h4-11,25H,3,12-14H2,1-2H3. The van der Waals surface area contributed by atoms with E-state index in [2.05, 4.69) is 14.8 Å². The highest BCUT2D eigenvalue weighted by Crippen LogP contribution is 2.27. The van der Waals surface area contributed by atoms with E-state index in [4.69, 9.17) is 14.2 Å². The van der Waals surface area contributed by atoms with E-state index in [1.165, 1.54) is 11.8 Å². The fourth-order valence-corrected chi connectivity index (χ4v) is 3.33. The van der Waals surface area contributed by atoms with Crippen LogP contribution in [0.3, 0.4) is 0 Å². The number of benzene rings is 2. The number of halogens is 3. The van der Waals surface area contributed by atoms with Crippen LogP contribution in [0.5, 0.6) is 17.5 Å². The van der Waals surface area contributed by atoms with Gasteiger partial charge in [-0.05, 0) is 55.0 Å². The molecule has 0 bridgehead atoms. The van der Waals surface area contributed by atoms with Gasteiger partial charge < -0.3 is 14.2 Å². The summed E-state index contributed by atoms with van der Waals surface area (Å²) in [6.45, 7) is -0.970. The van der Waals surface area contributed by atoms with Gasteiger partial charge in [-0.25, -0.2) is 17.8 Å². The van der Waals surface area contributed by atoms with E-state index in [1.807, 2.05) is 0 Å². The van der Waals surface area contributed by atoms with E-state index in [1.54, 1.807) is 48.5 Å². The summed E-state index contributed by atoms with van der Waals surface area (Å²) < 4.78 is 79.1. The molecule has 0 aliphatic carbocycles. The number of methoxy groups -OCH3 is 1. The van der Waals surface area contributed by atoms with Crippen molar-refractivity contribution in [3.05, 3.63) is 48.5 Å². The van der Waals surface area contributed by atoms with Crippen LogP contribution in [0.2, 0.25) is 0 Å². The molecule has 3 aromatic rings. The van der Waals surface area contributed by atoms with Crippen LogP contribution in [0.4, 0.5) is 13.2 Å². The molecule has 0 saturated carbocycles. The second-order valence-electron chi connectivity index (χ2n) is 7.12. The molecule has 9 nitrogen and oxygen atoms in total. The van der Waals surface area contributed by atoms with Crippen LogP contribution < -0.4 is 18.9 Å². The Balaban J connectivity index is 1.77. The molecule has 13 heteroatoms. The van der Waals surface area contributed by atoms with Crippen LogP contribution in [-0.4, -0.2) is 62.5 Å².